The van der Waals surface area contributed by atoms with Gasteiger partial charge in [0.2, 0.25) is 21.6 Å². The average Bonchev–Trinajstić information content (AvgIpc) is 2.93. The minimum Gasteiger partial charge on any atom is -0.461 e. The van der Waals surface area contributed by atoms with Crippen molar-refractivity contribution in [3.63, 3.8) is 0 Å². The van der Waals surface area contributed by atoms with Crippen molar-refractivity contribution in [1.29, 1.82) is 0 Å². The fourth-order valence-corrected chi connectivity index (χ4v) is 2.16. The highest BCUT2D eigenvalue weighted by Crippen LogP contribution is 2.21. The zero-order chi connectivity index (χ0) is 14.5. The SMILES string of the molecule is Cc1ccoc1-c1nc2nc(S(C)(=O)=O)nc(N)n2n1. The third-order valence-corrected chi connectivity index (χ3v) is 3.46. The highest BCUT2D eigenvalue weighted by molar-refractivity contribution is 7.90. The number of nitrogen functional groups attached to an aromatic ring is 1. The second kappa shape index (κ2) is 4.00. The third-order valence-electron chi connectivity index (χ3n) is 2.61. The van der Waals surface area contributed by atoms with Gasteiger partial charge >= 0.3 is 0 Å². The molecule has 0 aliphatic heterocycles. The highest BCUT2D eigenvalue weighted by atomic mass is 32.2. The lowest BCUT2D eigenvalue weighted by Crippen LogP contribution is -2.11. The molecule has 0 aliphatic carbocycles. The Hall–Kier alpha value is -2.49. The summed E-state index contributed by atoms with van der Waals surface area (Å²) in [4.78, 5) is 11.6. The molecule has 3 aromatic rings. The molecule has 20 heavy (non-hydrogen) atoms. The van der Waals surface area contributed by atoms with E-state index in [0.29, 0.717) is 5.76 Å². The van der Waals surface area contributed by atoms with Gasteiger partial charge in [-0.2, -0.15) is 19.5 Å². The average molecular weight is 294 g/mol. The number of hydrogen-bond acceptors (Lipinski definition) is 8. The molecule has 0 aliphatic rings. The molecule has 2 N–H and O–H groups in total. The maximum Gasteiger partial charge on any atom is 0.258 e. The molecule has 10 heteroatoms. The number of aryl methyl sites for hydroxylation is 1. The summed E-state index contributed by atoms with van der Waals surface area (Å²) < 4.78 is 29.4. The monoisotopic (exact) mass is 294 g/mol. The zero-order valence-electron chi connectivity index (χ0n) is 10.6. The van der Waals surface area contributed by atoms with Crippen LogP contribution in [0.25, 0.3) is 17.4 Å². The molecule has 0 radical (unpaired) electrons. The molecule has 3 heterocycles. The lowest BCUT2D eigenvalue weighted by atomic mass is 10.3. The van der Waals surface area contributed by atoms with E-state index < -0.39 is 15.0 Å². The summed E-state index contributed by atoms with van der Waals surface area (Å²) in [6.07, 6.45) is 2.50. The molecule has 0 unspecified atom stereocenters. The van der Waals surface area contributed by atoms with Crippen LogP contribution in [-0.4, -0.2) is 39.2 Å². The van der Waals surface area contributed by atoms with E-state index in [1.807, 2.05) is 6.92 Å². The fourth-order valence-electron chi connectivity index (χ4n) is 1.65. The Morgan fingerprint density at radius 2 is 2.05 bits per heavy atom. The van der Waals surface area contributed by atoms with Gasteiger partial charge in [-0.1, -0.05) is 0 Å². The van der Waals surface area contributed by atoms with Gasteiger partial charge in [0.25, 0.3) is 10.9 Å². The van der Waals surface area contributed by atoms with E-state index in [1.165, 1.54) is 6.26 Å². The van der Waals surface area contributed by atoms with Gasteiger partial charge in [0.1, 0.15) is 0 Å². The van der Waals surface area contributed by atoms with E-state index in [2.05, 4.69) is 20.1 Å². The Morgan fingerprint density at radius 3 is 2.65 bits per heavy atom. The molecule has 0 amide bonds. The molecule has 0 bridgehead atoms. The van der Waals surface area contributed by atoms with Gasteiger partial charge in [-0.05, 0) is 18.6 Å². The van der Waals surface area contributed by atoms with Crippen LogP contribution in [-0.2, 0) is 9.84 Å². The minimum atomic E-state index is -3.58. The lowest BCUT2D eigenvalue weighted by Gasteiger charge is -1.99. The van der Waals surface area contributed by atoms with E-state index in [9.17, 15) is 8.42 Å². The number of hydrogen-bond donors (Lipinski definition) is 1. The molecule has 9 nitrogen and oxygen atoms in total. The number of anilines is 1. The second-order valence-corrected chi connectivity index (χ2v) is 6.13. The molecular formula is C10H10N6O3S. The molecule has 0 fully saturated rings. The van der Waals surface area contributed by atoms with Crippen molar-refractivity contribution in [3.05, 3.63) is 17.9 Å². The molecule has 0 spiro atoms. The number of sulfone groups is 1. The van der Waals surface area contributed by atoms with E-state index >= 15 is 0 Å². The van der Waals surface area contributed by atoms with Crippen LogP contribution < -0.4 is 5.73 Å². The molecular weight excluding hydrogens is 284 g/mol. The maximum atomic E-state index is 11.5. The van der Waals surface area contributed by atoms with Crippen molar-refractivity contribution in [2.75, 3.05) is 12.0 Å². The first-order valence-electron chi connectivity index (χ1n) is 5.51. The first kappa shape index (κ1) is 12.5. The van der Waals surface area contributed by atoms with Gasteiger partial charge in [0.15, 0.2) is 5.76 Å². The van der Waals surface area contributed by atoms with Crippen molar-refractivity contribution >= 4 is 21.6 Å². The quantitative estimate of drug-likeness (QED) is 0.703. The minimum absolute atomic E-state index is 0.0451. The van der Waals surface area contributed by atoms with Gasteiger partial charge in [-0.3, -0.25) is 0 Å². The Morgan fingerprint density at radius 1 is 1.30 bits per heavy atom. The van der Waals surface area contributed by atoms with Crippen LogP contribution in [0, 0.1) is 6.92 Å². The molecule has 3 aromatic heterocycles. The number of rotatable bonds is 2. The van der Waals surface area contributed by atoms with Crippen LogP contribution in [0.15, 0.2) is 21.9 Å². The maximum absolute atomic E-state index is 11.5. The number of aromatic nitrogens is 5. The van der Waals surface area contributed by atoms with E-state index in [0.717, 1.165) is 16.3 Å². The van der Waals surface area contributed by atoms with Gasteiger partial charge in [0, 0.05) is 6.26 Å². The first-order valence-corrected chi connectivity index (χ1v) is 7.40. The van der Waals surface area contributed by atoms with Crippen LogP contribution in [0.3, 0.4) is 0 Å². The van der Waals surface area contributed by atoms with Crippen molar-refractivity contribution in [3.8, 4) is 11.6 Å². The van der Waals surface area contributed by atoms with E-state index in [1.54, 1.807) is 6.07 Å². The van der Waals surface area contributed by atoms with Crippen molar-refractivity contribution in [1.82, 2.24) is 24.6 Å². The largest absolute Gasteiger partial charge is 0.461 e. The molecule has 104 valence electrons. The normalized spacial score (nSPS) is 12.1. The Kier molecular flexibility index (Phi) is 2.51. The third kappa shape index (κ3) is 1.90. The second-order valence-electron chi connectivity index (χ2n) is 4.22. The summed E-state index contributed by atoms with van der Waals surface area (Å²) in [6.45, 7) is 1.83. The molecule has 0 atom stereocenters. The molecule has 0 aromatic carbocycles. The van der Waals surface area contributed by atoms with Crippen LogP contribution in [0.5, 0.6) is 0 Å². The standard InChI is InChI=1S/C10H10N6O3S/c1-5-3-4-19-6(5)7-12-9-14-10(20(2,17)18)13-8(11)16(9)15-7/h3-4H,1-2H3,(H2,11,12,13,14,15). The summed E-state index contributed by atoms with van der Waals surface area (Å²) in [7, 11) is -3.58. The van der Waals surface area contributed by atoms with Gasteiger partial charge < -0.3 is 10.2 Å². The number of nitrogens with zero attached hydrogens (tertiary/aromatic N) is 5. The topological polar surface area (TPSA) is 129 Å². The van der Waals surface area contributed by atoms with Crippen LogP contribution >= 0.6 is 0 Å². The van der Waals surface area contributed by atoms with Crippen molar-refractivity contribution in [2.24, 2.45) is 0 Å². The highest BCUT2D eigenvalue weighted by Gasteiger charge is 2.19. The molecule has 3 rings (SSSR count). The van der Waals surface area contributed by atoms with Crippen LogP contribution in [0.2, 0.25) is 0 Å². The number of furan rings is 1. The summed E-state index contributed by atoms with van der Waals surface area (Å²) in [5.74, 6) is 0.664. The Bertz CT molecular complexity index is 910. The van der Waals surface area contributed by atoms with Gasteiger partial charge in [-0.15, -0.1) is 5.10 Å². The predicted octanol–water partition coefficient (Wildman–Crippen LogP) is 0.0734. The first-order chi connectivity index (χ1) is 9.36. The summed E-state index contributed by atoms with van der Waals surface area (Å²) >= 11 is 0. The summed E-state index contributed by atoms with van der Waals surface area (Å²) in [6, 6.07) is 1.76. The summed E-state index contributed by atoms with van der Waals surface area (Å²) in [5, 5.41) is 3.71. The van der Waals surface area contributed by atoms with Crippen LogP contribution in [0.1, 0.15) is 5.56 Å². The van der Waals surface area contributed by atoms with Gasteiger partial charge in [-0.25, -0.2) is 8.42 Å². The summed E-state index contributed by atoms with van der Waals surface area (Å²) in [5.41, 5.74) is 6.52. The van der Waals surface area contributed by atoms with Crippen LogP contribution in [0.4, 0.5) is 5.95 Å². The smallest absolute Gasteiger partial charge is 0.258 e. The Labute approximate surface area is 113 Å². The van der Waals surface area contributed by atoms with E-state index in [4.69, 9.17) is 10.2 Å². The predicted molar refractivity (Wildman–Crippen MR) is 68.5 cm³/mol. The molecule has 0 saturated heterocycles. The Balaban J connectivity index is 2.27. The fraction of sp³-hybridized carbons (Fsp3) is 0.200. The van der Waals surface area contributed by atoms with E-state index in [-0.39, 0.29) is 17.6 Å². The van der Waals surface area contributed by atoms with Gasteiger partial charge in [0.05, 0.1) is 6.26 Å². The molecule has 0 saturated carbocycles. The van der Waals surface area contributed by atoms with Crippen molar-refractivity contribution in [2.45, 2.75) is 12.1 Å². The lowest BCUT2D eigenvalue weighted by molar-refractivity contribution is 0.575. The van der Waals surface area contributed by atoms with Crippen molar-refractivity contribution < 1.29 is 12.8 Å². The zero-order valence-corrected chi connectivity index (χ0v) is 11.4. The number of nitrogens with two attached hydrogens (primary N) is 1. The number of fused-ring (bicyclic) bond motifs is 1.